The Labute approximate surface area is 394 Å². The van der Waals surface area contributed by atoms with Crippen LogP contribution >= 0.6 is 0 Å². The van der Waals surface area contributed by atoms with E-state index in [4.69, 9.17) is 28.3 Å². The highest BCUT2D eigenvalue weighted by atomic mass is 16.7. The number of aromatic hydroxyl groups is 1. The van der Waals surface area contributed by atoms with Crippen molar-refractivity contribution in [2.24, 2.45) is 29.6 Å². The van der Waals surface area contributed by atoms with E-state index in [0.717, 1.165) is 19.6 Å². The zero-order chi connectivity index (χ0) is 49.7. The highest BCUT2D eigenvalue weighted by molar-refractivity contribution is 6.16. The molecule has 9 unspecified atom stereocenters. The molecule has 4 bridgehead atoms. The van der Waals surface area contributed by atoms with Crippen molar-refractivity contribution in [2.75, 3.05) is 50.1 Å². The molecule has 3 aliphatic heterocycles. The fourth-order valence-electron chi connectivity index (χ4n) is 9.76. The molecule has 1 saturated heterocycles. The molecule has 0 spiro atoms. The molecule has 4 heterocycles. The third-order valence-corrected chi connectivity index (χ3v) is 13.8. The lowest BCUT2D eigenvalue weighted by Gasteiger charge is -2.38. The first-order valence-corrected chi connectivity index (χ1v) is 23.2. The van der Waals surface area contributed by atoms with Gasteiger partial charge >= 0.3 is 11.8 Å². The molecule has 68 heavy (non-hydrogen) atoms. The number of nitrogens with one attached hydrogen (secondary N) is 1. The van der Waals surface area contributed by atoms with Gasteiger partial charge in [0.25, 0.3) is 5.91 Å². The lowest BCUT2D eigenvalue weighted by Crippen LogP contribution is -2.47. The van der Waals surface area contributed by atoms with Crippen molar-refractivity contribution in [3.05, 3.63) is 79.5 Å². The summed E-state index contributed by atoms with van der Waals surface area (Å²) in [6.45, 7) is 20.8. The summed E-state index contributed by atoms with van der Waals surface area (Å²) in [5.41, 5.74) is -1.35. The van der Waals surface area contributed by atoms with Gasteiger partial charge in [0.2, 0.25) is 10.9 Å². The van der Waals surface area contributed by atoms with E-state index >= 15 is 0 Å². The Bertz CT molecular complexity index is 2900. The number of hydrogen-bond acceptors (Lipinski definition) is 16. The van der Waals surface area contributed by atoms with Gasteiger partial charge in [0.15, 0.2) is 22.4 Å². The van der Waals surface area contributed by atoms with Crippen molar-refractivity contribution in [1.82, 2.24) is 9.88 Å². The fourth-order valence-corrected chi connectivity index (χ4v) is 9.76. The topological polar surface area (TPSA) is 231 Å². The van der Waals surface area contributed by atoms with Gasteiger partial charge in [-0.1, -0.05) is 59.8 Å². The number of esters is 1. The highest BCUT2D eigenvalue weighted by Gasteiger charge is 2.44. The van der Waals surface area contributed by atoms with Gasteiger partial charge in [-0.25, -0.2) is 4.98 Å². The summed E-state index contributed by atoms with van der Waals surface area (Å²) in [7, 11) is 1.45. The zero-order valence-electron chi connectivity index (χ0n) is 40.6. The Hall–Kier alpha value is -6.01. The van der Waals surface area contributed by atoms with E-state index in [1.54, 1.807) is 45.9 Å². The molecule has 1 aromatic heterocycles. The van der Waals surface area contributed by atoms with Gasteiger partial charge in [0, 0.05) is 112 Å². The number of hydrogen-bond donors (Lipinski definition) is 5. The number of benzene rings is 3. The van der Waals surface area contributed by atoms with E-state index in [0.29, 0.717) is 24.7 Å². The van der Waals surface area contributed by atoms with E-state index < -0.39 is 88.1 Å². The normalized spacial score (nSPS) is 27.8. The summed E-state index contributed by atoms with van der Waals surface area (Å²) in [5.74, 6) is -6.43. The number of anilines is 2. The number of ether oxygens (including phenoxy) is 4. The minimum Gasteiger partial charge on any atom is -0.507 e. The maximum absolute atomic E-state index is 14.9. The number of piperazine rings is 1. The third kappa shape index (κ3) is 9.28. The summed E-state index contributed by atoms with van der Waals surface area (Å²) in [4.78, 5) is 64.7. The Morgan fingerprint density at radius 1 is 0.956 bits per heavy atom. The minimum absolute atomic E-state index is 0.0390. The molecule has 366 valence electrons. The SMILES string of the molecule is COC1C=COC2(C)Oc3c(C)c(O)c4c(=O)c(c5oc6cc(N7CCN(CC(C)C)CC7)cc(=O)c6nc5c4c3=C2O)NC(=O)C(C)=CC=CC(C)C(O)C(C)C(O)C(C)C(OC(C)=O)C1C. The van der Waals surface area contributed by atoms with Gasteiger partial charge in [-0.2, -0.15) is 0 Å². The van der Waals surface area contributed by atoms with Gasteiger partial charge < -0.3 is 54.0 Å². The molecule has 9 atom stereocenters. The quantitative estimate of drug-likeness (QED) is 0.0966. The van der Waals surface area contributed by atoms with Crippen LogP contribution in [-0.2, 0) is 23.8 Å². The first-order chi connectivity index (χ1) is 32.1. The first-order valence-electron chi connectivity index (χ1n) is 23.2. The number of allylic oxidation sites excluding steroid dienone is 2. The van der Waals surface area contributed by atoms with Gasteiger partial charge in [0.05, 0.1) is 35.2 Å². The van der Waals surface area contributed by atoms with Crippen molar-refractivity contribution in [1.29, 1.82) is 0 Å². The predicted molar refractivity (Wildman–Crippen MR) is 259 cm³/mol. The van der Waals surface area contributed by atoms with E-state index in [9.17, 15) is 39.6 Å². The van der Waals surface area contributed by atoms with Crippen molar-refractivity contribution in [3.8, 4) is 11.5 Å². The molecule has 1 fully saturated rings. The lowest BCUT2D eigenvalue weighted by molar-refractivity contribution is -0.160. The molecule has 0 aliphatic carbocycles. The Kier molecular flexibility index (Phi) is 14.3. The maximum atomic E-state index is 14.9. The molecule has 17 heteroatoms. The number of aliphatic hydroxyl groups excluding tert-OH is 3. The maximum Gasteiger partial charge on any atom is 0.307 e. The average molecular weight is 941 g/mol. The molecule has 3 aliphatic rings. The smallest absolute Gasteiger partial charge is 0.307 e. The summed E-state index contributed by atoms with van der Waals surface area (Å²) in [6.07, 6.45) is 3.57. The Morgan fingerprint density at radius 3 is 2.29 bits per heavy atom. The van der Waals surface area contributed by atoms with E-state index in [1.165, 1.54) is 59.3 Å². The van der Waals surface area contributed by atoms with Crippen LogP contribution in [0.3, 0.4) is 0 Å². The highest BCUT2D eigenvalue weighted by Crippen LogP contribution is 2.42. The molecule has 0 radical (unpaired) electrons. The van der Waals surface area contributed by atoms with E-state index in [2.05, 4.69) is 29.0 Å². The van der Waals surface area contributed by atoms with Crippen molar-refractivity contribution < 1.29 is 53.4 Å². The number of fused-ring (bicyclic) bond motifs is 2. The molecular weight excluding hydrogens is 877 g/mol. The number of rotatable bonds is 5. The molecule has 1 amide bonds. The number of aliphatic hydroxyl groups is 3. The number of carbonyl (C=O) groups excluding carboxylic acids is 2. The largest absolute Gasteiger partial charge is 0.507 e. The van der Waals surface area contributed by atoms with Crippen molar-refractivity contribution in [2.45, 2.75) is 99.4 Å². The molecule has 7 rings (SSSR count). The molecule has 3 aromatic carbocycles. The Balaban J connectivity index is 1.46. The third-order valence-electron chi connectivity index (χ3n) is 13.8. The average Bonchev–Trinajstić information content (AvgIpc) is 3.56. The second-order valence-electron chi connectivity index (χ2n) is 19.2. The molecule has 5 N–H and O–H groups in total. The van der Waals surface area contributed by atoms with Crippen LogP contribution in [-0.4, -0.2) is 112 Å². The first kappa shape index (κ1) is 49.9. The van der Waals surface area contributed by atoms with E-state index in [1.807, 2.05) is 0 Å². The van der Waals surface area contributed by atoms with Crippen LogP contribution in [0.25, 0.3) is 38.7 Å². The summed E-state index contributed by atoms with van der Waals surface area (Å²) < 4.78 is 30.5. The van der Waals surface area contributed by atoms with Gasteiger partial charge in [0.1, 0.15) is 28.8 Å². The monoisotopic (exact) mass is 940 g/mol. The molecule has 17 nitrogen and oxygen atoms in total. The predicted octanol–water partition coefficient (Wildman–Crippen LogP) is 5.34. The number of carbonyl (C=O) groups is 2. The van der Waals surface area contributed by atoms with Crippen LogP contribution in [0.5, 0.6) is 11.5 Å². The minimum atomic E-state index is -1.98. The van der Waals surface area contributed by atoms with Crippen LogP contribution < -0.4 is 31.0 Å². The molecule has 4 aromatic rings. The van der Waals surface area contributed by atoms with E-state index in [-0.39, 0.29) is 60.8 Å². The standard InChI is InChI=1S/C51H64N4O13/c1-24(2)23-54-16-18-55(19-17-54)32-21-33(57)39-35(22-32)67-48-40(52-39)36-37-44(60)30(8)47-38(36)49(62)51(10,68-47)65-20-15-34(64-11)27(5)46(66-31(9)56)29(7)43(59)28(6)42(58)25(3)13-12-14-26(4)50(63)53-41(48)45(37)61/h12-15,20-22,24-25,27-29,34,42-43,46,58-60,62H,16-19,23H2,1-11H3,(H,53,63). The summed E-state index contributed by atoms with van der Waals surface area (Å²) in [5, 5.41) is 49.3. The summed E-state index contributed by atoms with van der Waals surface area (Å²) in [6, 6.07) is 3.16. The number of nitrogens with zero attached hydrogens (tertiary/aromatic N) is 3. The number of aromatic nitrogens is 1. The molecule has 0 saturated carbocycles. The number of amides is 1. The van der Waals surface area contributed by atoms with Gasteiger partial charge in [-0.05, 0) is 25.8 Å². The lowest BCUT2D eigenvalue weighted by atomic mass is 9.78. The van der Waals surface area contributed by atoms with Crippen molar-refractivity contribution >= 4 is 62.0 Å². The second kappa shape index (κ2) is 19.5. The van der Waals surface area contributed by atoms with Crippen LogP contribution in [0.4, 0.5) is 11.4 Å². The van der Waals surface area contributed by atoms with Crippen LogP contribution in [0.2, 0.25) is 0 Å². The van der Waals surface area contributed by atoms with Crippen LogP contribution in [0.1, 0.15) is 67.9 Å². The van der Waals surface area contributed by atoms with Gasteiger partial charge in [-0.3, -0.25) is 24.1 Å². The number of phenols is 1. The number of methoxy groups -OCH3 is 1. The second-order valence-corrected chi connectivity index (χ2v) is 19.2. The fraction of sp³-hybridized carbons (Fsp3) is 0.510. The van der Waals surface area contributed by atoms with Crippen LogP contribution in [0.15, 0.2) is 62.3 Å². The number of phenolic OH excluding ortho intramolecular Hbond substituents is 1. The van der Waals surface area contributed by atoms with Crippen molar-refractivity contribution in [3.63, 3.8) is 0 Å². The Morgan fingerprint density at radius 2 is 1.65 bits per heavy atom. The summed E-state index contributed by atoms with van der Waals surface area (Å²) >= 11 is 0. The zero-order valence-corrected chi connectivity index (χ0v) is 40.6. The van der Waals surface area contributed by atoms with Crippen LogP contribution in [0, 0.1) is 36.5 Å². The van der Waals surface area contributed by atoms with Gasteiger partial charge in [-0.15, -0.1) is 0 Å². The molecular formula is C51H64N4O13.